The van der Waals surface area contributed by atoms with Crippen LogP contribution in [0.4, 0.5) is 17.5 Å². The first-order valence-corrected chi connectivity index (χ1v) is 10.7. The molecule has 2 aromatic rings. The average Bonchev–Trinajstić information content (AvgIpc) is 2.75. The zero-order chi connectivity index (χ0) is 22.0. The monoisotopic (exact) mass is 425 g/mol. The molecule has 1 atom stereocenters. The molecule has 0 aliphatic carbocycles. The van der Waals surface area contributed by atoms with E-state index in [1.807, 2.05) is 11.8 Å². The fourth-order valence-electron chi connectivity index (χ4n) is 3.98. The number of rotatable bonds is 5. The Morgan fingerprint density at radius 3 is 2.61 bits per heavy atom. The van der Waals surface area contributed by atoms with Crippen LogP contribution >= 0.6 is 0 Å². The van der Waals surface area contributed by atoms with Crippen molar-refractivity contribution in [2.75, 3.05) is 35.2 Å². The van der Waals surface area contributed by atoms with Crippen LogP contribution in [0.15, 0.2) is 29.1 Å². The summed E-state index contributed by atoms with van der Waals surface area (Å²) in [6.45, 7) is 6.23. The molecule has 4 rings (SSSR count). The number of amides is 2. The summed E-state index contributed by atoms with van der Waals surface area (Å²) < 4.78 is 5.40. The summed E-state index contributed by atoms with van der Waals surface area (Å²) in [5.74, 6) is 0.257. The van der Waals surface area contributed by atoms with Crippen molar-refractivity contribution >= 4 is 29.3 Å². The van der Waals surface area contributed by atoms with Gasteiger partial charge in [-0.15, -0.1) is 0 Å². The number of hydrogen-bond donors (Lipinski definition) is 3. The summed E-state index contributed by atoms with van der Waals surface area (Å²) in [6, 6.07) is 6.94. The van der Waals surface area contributed by atoms with Crippen molar-refractivity contribution in [1.29, 1.82) is 0 Å². The standard InChI is InChI=1S/C22H27N5O4/c1-3-31-15-6-4-14(5-7-15)23-20(29)16-12-17(28)24-19-18(16)21(30)26-22(25-19)27-10-8-13(2)9-11-27/h4-7,13,16H,3,8-12H2,1-2H3,(H,23,29)(H2,24,25,26,28,30). The van der Waals surface area contributed by atoms with Crippen molar-refractivity contribution in [2.24, 2.45) is 5.92 Å². The van der Waals surface area contributed by atoms with Gasteiger partial charge in [-0.2, -0.15) is 4.98 Å². The molecule has 164 valence electrons. The molecule has 2 aliphatic rings. The van der Waals surface area contributed by atoms with E-state index in [0.29, 0.717) is 29.9 Å². The minimum Gasteiger partial charge on any atom is -0.494 e. The molecule has 31 heavy (non-hydrogen) atoms. The van der Waals surface area contributed by atoms with Gasteiger partial charge in [0.1, 0.15) is 11.6 Å². The molecule has 1 aromatic carbocycles. The minimum atomic E-state index is -0.915. The number of nitrogens with zero attached hydrogens (tertiary/aromatic N) is 2. The molecule has 3 heterocycles. The highest BCUT2D eigenvalue weighted by Crippen LogP contribution is 2.31. The third-order valence-corrected chi connectivity index (χ3v) is 5.77. The van der Waals surface area contributed by atoms with E-state index in [0.717, 1.165) is 25.9 Å². The SMILES string of the molecule is CCOc1ccc(NC(=O)C2CC(=O)Nc3nc(N4CCC(C)CC4)[nH]c(=O)c32)cc1. The largest absolute Gasteiger partial charge is 0.494 e. The van der Waals surface area contributed by atoms with Crippen LogP contribution in [0.3, 0.4) is 0 Å². The Hall–Kier alpha value is -3.36. The van der Waals surface area contributed by atoms with Gasteiger partial charge in [0.15, 0.2) is 0 Å². The summed E-state index contributed by atoms with van der Waals surface area (Å²) in [5, 5.41) is 5.45. The van der Waals surface area contributed by atoms with Crippen LogP contribution in [0, 0.1) is 5.92 Å². The minimum absolute atomic E-state index is 0.110. The third kappa shape index (κ3) is 4.55. The van der Waals surface area contributed by atoms with Crippen molar-refractivity contribution < 1.29 is 14.3 Å². The molecule has 0 bridgehead atoms. The predicted molar refractivity (Wildman–Crippen MR) is 118 cm³/mol. The molecular formula is C22H27N5O4. The van der Waals surface area contributed by atoms with Crippen LogP contribution < -0.4 is 25.8 Å². The number of fused-ring (bicyclic) bond motifs is 1. The summed E-state index contributed by atoms with van der Waals surface area (Å²) in [7, 11) is 0. The lowest BCUT2D eigenvalue weighted by molar-refractivity contribution is -0.123. The Bertz CT molecular complexity index is 1030. The number of anilines is 3. The molecular weight excluding hydrogens is 398 g/mol. The van der Waals surface area contributed by atoms with Crippen molar-refractivity contribution in [1.82, 2.24) is 9.97 Å². The molecule has 3 N–H and O–H groups in total. The van der Waals surface area contributed by atoms with Crippen LogP contribution in [-0.2, 0) is 9.59 Å². The van der Waals surface area contributed by atoms with Gasteiger partial charge in [-0.1, -0.05) is 6.92 Å². The zero-order valence-electron chi connectivity index (χ0n) is 17.7. The Balaban J connectivity index is 1.57. The number of aromatic nitrogens is 2. The number of hydrogen-bond acceptors (Lipinski definition) is 6. The molecule has 1 fully saturated rings. The molecule has 2 aliphatic heterocycles. The lowest BCUT2D eigenvalue weighted by Gasteiger charge is -2.31. The maximum atomic E-state index is 12.9. The van der Waals surface area contributed by atoms with Crippen molar-refractivity contribution in [3.63, 3.8) is 0 Å². The highest BCUT2D eigenvalue weighted by atomic mass is 16.5. The van der Waals surface area contributed by atoms with E-state index in [2.05, 4.69) is 27.5 Å². The van der Waals surface area contributed by atoms with E-state index in [-0.39, 0.29) is 23.7 Å². The van der Waals surface area contributed by atoms with E-state index in [4.69, 9.17) is 4.74 Å². The van der Waals surface area contributed by atoms with Crippen molar-refractivity contribution in [3.8, 4) is 5.75 Å². The highest BCUT2D eigenvalue weighted by Gasteiger charge is 2.35. The number of nitrogens with one attached hydrogen (secondary N) is 3. The number of aromatic amines is 1. The molecule has 1 saturated heterocycles. The molecule has 1 aromatic heterocycles. The van der Waals surface area contributed by atoms with Gasteiger partial charge in [-0.3, -0.25) is 19.4 Å². The number of H-pyrrole nitrogens is 1. The Kier molecular flexibility index (Phi) is 5.92. The molecule has 1 unspecified atom stereocenters. The second-order valence-corrected chi connectivity index (χ2v) is 8.07. The fourth-order valence-corrected chi connectivity index (χ4v) is 3.98. The third-order valence-electron chi connectivity index (χ3n) is 5.77. The first-order valence-electron chi connectivity index (χ1n) is 10.7. The summed E-state index contributed by atoms with van der Waals surface area (Å²) in [4.78, 5) is 47.5. The van der Waals surface area contributed by atoms with Gasteiger partial charge in [-0.05, 0) is 49.9 Å². The van der Waals surface area contributed by atoms with E-state index >= 15 is 0 Å². The maximum absolute atomic E-state index is 12.9. The summed E-state index contributed by atoms with van der Waals surface area (Å²) in [6.07, 6.45) is 1.92. The average molecular weight is 425 g/mol. The number of ether oxygens (including phenoxy) is 1. The summed E-state index contributed by atoms with van der Waals surface area (Å²) in [5.41, 5.74) is 0.354. The van der Waals surface area contributed by atoms with Gasteiger partial charge in [0.25, 0.3) is 5.56 Å². The Labute approximate surface area is 180 Å². The van der Waals surface area contributed by atoms with Gasteiger partial charge in [0.05, 0.1) is 18.1 Å². The molecule has 0 radical (unpaired) electrons. The van der Waals surface area contributed by atoms with Crippen molar-refractivity contribution in [2.45, 2.75) is 39.0 Å². The first-order chi connectivity index (χ1) is 14.9. The van der Waals surface area contributed by atoms with Crippen LogP contribution in [0.1, 0.15) is 44.6 Å². The van der Waals surface area contributed by atoms with Crippen LogP contribution in [-0.4, -0.2) is 41.5 Å². The lowest BCUT2D eigenvalue weighted by atomic mass is 9.92. The van der Waals surface area contributed by atoms with Gasteiger partial charge >= 0.3 is 0 Å². The van der Waals surface area contributed by atoms with Crippen LogP contribution in [0.25, 0.3) is 0 Å². The fraction of sp³-hybridized carbons (Fsp3) is 0.455. The molecule has 9 heteroatoms. The number of carbonyl (C=O) groups excluding carboxylic acids is 2. The molecule has 2 amide bonds. The highest BCUT2D eigenvalue weighted by molar-refractivity contribution is 6.04. The maximum Gasteiger partial charge on any atom is 0.258 e. The normalized spacial score (nSPS) is 18.8. The van der Waals surface area contributed by atoms with Crippen LogP contribution in [0.5, 0.6) is 5.75 Å². The van der Waals surface area contributed by atoms with E-state index in [1.54, 1.807) is 24.3 Å². The molecule has 0 saturated carbocycles. The second-order valence-electron chi connectivity index (χ2n) is 8.07. The molecule has 0 spiro atoms. The number of benzene rings is 1. The van der Waals surface area contributed by atoms with E-state index in [9.17, 15) is 14.4 Å². The number of piperidine rings is 1. The van der Waals surface area contributed by atoms with Crippen molar-refractivity contribution in [3.05, 3.63) is 40.2 Å². The van der Waals surface area contributed by atoms with Crippen LogP contribution in [0.2, 0.25) is 0 Å². The Morgan fingerprint density at radius 1 is 1.23 bits per heavy atom. The topological polar surface area (TPSA) is 116 Å². The van der Waals surface area contributed by atoms with Gasteiger partial charge < -0.3 is 20.3 Å². The number of carbonyl (C=O) groups is 2. The van der Waals surface area contributed by atoms with Gasteiger partial charge in [-0.25, -0.2) is 0 Å². The smallest absolute Gasteiger partial charge is 0.258 e. The van der Waals surface area contributed by atoms with Gasteiger partial charge in [0.2, 0.25) is 17.8 Å². The quantitative estimate of drug-likeness (QED) is 0.678. The summed E-state index contributed by atoms with van der Waals surface area (Å²) >= 11 is 0. The molecule has 9 nitrogen and oxygen atoms in total. The predicted octanol–water partition coefficient (Wildman–Crippen LogP) is 2.47. The first kappa shape index (κ1) is 20.9. The lowest BCUT2D eigenvalue weighted by Crippen LogP contribution is -2.39. The Morgan fingerprint density at radius 2 is 1.94 bits per heavy atom. The second kappa shape index (κ2) is 8.79. The zero-order valence-corrected chi connectivity index (χ0v) is 17.7. The van der Waals surface area contributed by atoms with Gasteiger partial charge in [0, 0.05) is 25.2 Å². The van der Waals surface area contributed by atoms with E-state index < -0.39 is 17.4 Å². The van der Waals surface area contributed by atoms with E-state index in [1.165, 1.54) is 0 Å².